The van der Waals surface area contributed by atoms with E-state index in [4.69, 9.17) is 4.74 Å². The van der Waals surface area contributed by atoms with Crippen LogP contribution in [0.15, 0.2) is 29.2 Å². The number of rotatable bonds is 6. The Hall–Kier alpha value is -1.98. The minimum atomic E-state index is -3.54. The third kappa shape index (κ3) is 5.16. The van der Waals surface area contributed by atoms with Crippen molar-refractivity contribution < 1.29 is 22.7 Å². The van der Waals surface area contributed by atoms with Gasteiger partial charge in [-0.25, -0.2) is 13.2 Å². The quantitative estimate of drug-likeness (QED) is 0.575. The number of halogens is 1. The third-order valence-electron chi connectivity index (χ3n) is 6.25. The predicted octanol–water partition coefficient (Wildman–Crippen LogP) is 3.76. The van der Waals surface area contributed by atoms with E-state index in [0.717, 1.165) is 36.4 Å². The zero-order valence-electron chi connectivity index (χ0n) is 19.5. The van der Waals surface area contributed by atoms with Crippen molar-refractivity contribution in [3.8, 4) is 0 Å². The molecule has 34 heavy (non-hydrogen) atoms. The molecule has 0 radical (unpaired) electrons. The van der Waals surface area contributed by atoms with Gasteiger partial charge in [-0.15, -0.1) is 23.7 Å². The van der Waals surface area contributed by atoms with Gasteiger partial charge in [-0.05, 0) is 62.9 Å². The summed E-state index contributed by atoms with van der Waals surface area (Å²) in [7, 11) is -2.20. The highest BCUT2D eigenvalue weighted by atomic mass is 35.5. The van der Waals surface area contributed by atoms with Gasteiger partial charge in [-0.3, -0.25) is 9.69 Å². The molecule has 8 nitrogen and oxygen atoms in total. The first-order valence-electron chi connectivity index (χ1n) is 11.1. The second-order valence-corrected chi connectivity index (χ2v) is 11.6. The van der Waals surface area contributed by atoms with Crippen molar-refractivity contribution >= 4 is 50.6 Å². The number of esters is 1. The van der Waals surface area contributed by atoms with Crippen LogP contribution in [0.3, 0.4) is 0 Å². The Labute approximate surface area is 210 Å². The summed E-state index contributed by atoms with van der Waals surface area (Å²) in [6, 6.07) is 6.32. The van der Waals surface area contributed by atoms with Crippen LogP contribution in [-0.2, 0) is 27.7 Å². The number of nitrogens with zero attached hydrogens (tertiary/aromatic N) is 2. The lowest BCUT2D eigenvalue weighted by Crippen LogP contribution is -2.35. The number of carbonyl (C=O) groups is 2. The van der Waals surface area contributed by atoms with E-state index in [9.17, 15) is 18.0 Å². The van der Waals surface area contributed by atoms with E-state index in [2.05, 4.69) is 24.1 Å². The average molecular weight is 528 g/mol. The highest BCUT2D eigenvalue weighted by molar-refractivity contribution is 7.89. The first kappa shape index (κ1) is 26.6. The smallest absolute Gasteiger partial charge is 0.341 e. The van der Waals surface area contributed by atoms with Crippen molar-refractivity contribution in [2.45, 2.75) is 50.6 Å². The van der Waals surface area contributed by atoms with Crippen molar-refractivity contribution in [2.24, 2.45) is 0 Å². The lowest BCUT2D eigenvalue weighted by molar-refractivity contribution is 0.0600. The first-order chi connectivity index (χ1) is 15.7. The molecular weight excluding hydrogens is 498 g/mol. The fourth-order valence-corrected chi connectivity index (χ4v) is 7.07. The molecule has 1 fully saturated rings. The summed E-state index contributed by atoms with van der Waals surface area (Å²) in [5.74, 6) is -0.863. The Morgan fingerprint density at radius 3 is 2.32 bits per heavy atom. The van der Waals surface area contributed by atoms with Crippen molar-refractivity contribution in [1.82, 2.24) is 9.21 Å². The molecule has 0 aliphatic carbocycles. The van der Waals surface area contributed by atoms with Gasteiger partial charge in [0.2, 0.25) is 10.0 Å². The largest absolute Gasteiger partial charge is 0.465 e. The molecule has 1 amide bonds. The summed E-state index contributed by atoms with van der Waals surface area (Å²) < 4.78 is 31.9. The lowest BCUT2D eigenvalue weighted by Gasteiger charge is -2.30. The second-order valence-electron chi connectivity index (χ2n) is 8.60. The van der Waals surface area contributed by atoms with Crippen molar-refractivity contribution in [1.29, 1.82) is 0 Å². The van der Waals surface area contributed by atoms with Gasteiger partial charge in [0.1, 0.15) is 5.00 Å². The molecule has 0 atom stereocenters. The number of carbonyl (C=O) groups excluding carboxylic acids is 2. The van der Waals surface area contributed by atoms with Crippen LogP contribution in [0.5, 0.6) is 0 Å². The molecule has 2 aromatic rings. The Kier molecular flexibility index (Phi) is 8.41. The summed E-state index contributed by atoms with van der Waals surface area (Å²) >= 11 is 1.40. The number of hydrogen-bond donors (Lipinski definition) is 1. The first-order valence-corrected chi connectivity index (χ1v) is 13.4. The number of sulfonamides is 1. The number of anilines is 1. The maximum absolute atomic E-state index is 13.0. The normalized spacial score (nSPS) is 16.7. The maximum atomic E-state index is 13.0. The second kappa shape index (κ2) is 10.7. The number of nitrogens with one attached hydrogen (secondary N) is 1. The summed E-state index contributed by atoms with van der Waals surface area (Å²) in [4.78, 5) is 29.0. The Morgan fingerprint density at radius 2 is 1.74 bits per heavy atom. The van der Waals surface area contributed by atoms with Gasteiger partial charge < -0.3 is 10.1 Å². The van der Waals surface area contributed by atoms with Gasteiger partial charge in [0.15, 0.2) is 0 Å². The Morgan fingerprint density at radius 1 is 1.09 bits per heavy atom. The summed E-state index contributed by atoms with van der Waals surface area (Å²) in [6.07, 6.45) is 2.44. The minimum Gasteiger partial charge on any atom is -0.465 e. The molecule has 11 heteroatoms. The van der Waals surface area contributed by atoms with Crippen LogP contribution in [0.1, 0.15) is 57.8 Å². The lowest BCUT2D eigenvalue weighted by atomic mass is 10.0. The molecule has 2 aliphatic rings. The molecule has 1 saturated heterocycles. The summed E-state index contributed by atoms with van der Waals surface area (Å²) in [5, 5.41) is 3.33. The molecular formula is C23H30ClN3O5S2. The number of hydrogen-bond acceptors (Lipinski definition) is 7. The molecule has 4 rings (SSSR count). The molecule has 3 heterocycles. The van der Waals surface area contributed by atoms with Crippen molar-refractivity contribution in [2.75, 3.05) is 32.1 Å². The van der Waals surface area contributed by atoms with Crippen LogP contribution in [0.4, 0.5) is 5.00 Å². The molecule has 2 aliphatic heterocycles. The minimum absolute atomic E-state index is 0. The topological polar surface area (TPSA) is 96.0 Å². The van der Waals surface area contributed by atoms with Crippen molar-refractivity contribution in [3.63, 3.8) is 0 Å². The number of ether oxygens (including phenoxy) is 1. The Balaban J connectivity index is 0.00000324. The van der Waals surface area contributed by atoms with Gasteiger partial charge in [0.25, 0.3) is 5.91 Å². The fourth-order valence-electron chi connectivity index (χ4n) is 4.30. The van der Waals surface area contributed by atoms with Gasteiger partial charge >= 0.3 is 5.97 Å². The van der Waals surface area contributed by atoms with Crippen LogP contribution in [0.2, 0.25) is 0 Å². The molecule has 186 valence electrons. The SMILES string of the molecule is COC(=O)c1c(NC(=O)c2ccc(S(=O)(=O)N3CCCC3)cc2)sc2c1CCN(C(C)C)C2.Cl. The van der Waals surface area contributed by atoms with E-state index in [1.54, 1.807) is 0 Å². The predicted molar refractivity (Wildman–Crippen MR) is 135 cm³/mol. The summed E-state index contributed by atoms with van der Waals surface area (Å²) in [6.45, 7) is 6.88. The monoisotopic (exact) mass is 527 g/mol. The zero-order valence-corrected chi connectivity index (χ0v) is 21.9. The van der Waals surface area contributed by atoms with Gasteiger partial charge in [-0.1, -0.05) is 0 Å². The maximum Gasteiger partial charge on any atom is 0.341 e. The fraction of sp³-hybridized carbons (Fsp3) is 0.478. The molecule has 1 N–H and O–H groups in total. The average Bonchev–Trinajstić information content (AvgIpc) is 3.46. The number of methoxy groups -OCH3 is 1. The van der Waals surface area contributed by atoms with E-state index in [0.29, 0.717) is 41.7 Å². The number of fused-ring (bicyclic) bond motifs is 1. The van der Waals surface area contributed by atoms with Gasteiger partial charge in [0.05, 0.1) is 17.6 Å². The highest BCUT2D eigenvalue weighted by Crippen LogP contribution is 2.38. The number of thiophene rings is 1. The van der Waals surface area contributed by atoms with Crippen LogP contribution in [0.25, 0.3) is 0 Å². The van der Waals surface area contributed by atoms with E-state index in [1.807, 2.05) is 0 Å². The van der Waals surface area contributed by atoms with E-state index in [-0.39, 0.29) is 17.3 Å². The molecule has 0 saturated carbocycles. The molecule has 0 unspecified atom stereocenters. The van der Waals surface area contributed by atoms with E-state index < -0.39 is 21.9 Å². The van der Waals surface area contributed by atoms with E-state index in [1.165, 1.54) is 47.0 Å². The highest BCUT2D eigenvalue weighted by Gasteiger charge is 2.31. The Bertz CT molecular complexity index is 1160. The molecule has 0 bridgehead atoms. The van der Waals surface area contributed by atoms with Crippen LogP contribution in [0, 0.1) is 0 Å². The molecule has 1 aromatic heterocycles. The molecule has 0 spiro atoms. The zero-order chi connectivity index (χ0) is 23.8. The van der Waals surface area contributed by atoms with Crippen LogP contribution in [-0.4, -0.2) is 62.3 Å². The number of amides is 1. The number of benzene rings is 1. The van der Waals surface area contributed by atoms with Crippen LogP contribution >= 0.6 is 23.7 Å². The van der Waals surface area contributed by atoms with E-state index >= 15 is 0 Å². The van der Waals surface area contributed by atoms with Gasteiger partial charge in [0, 0.05) is 42.7 Å². The summed E-state index contributed by atoms with van der Waals surface area (Å²) in [5.41, 5.74) is 1.68. The van der Waals surface area contributed by atoms with Gasteiger partial charge in [-0.2, -0.15) is 4.31 Å². The standard InChI is InChI=1S/C23H29N3O5S2.ClH/c1-15(2)25-13-10-18-19(14-25)32-22(20(18)23(28)31-3)24-21(27)16-6-8-17(9-7-16)33(29,30)26-11-4-5-12-26;/h6-9,15H,4-5,10-14H2,1-3H3,(H,24,27);1H. The molecule has 1 aromatic carbocycles. The van der Waals surface area contributed by atoms with Crippen LogP contribution < -0.4 is 5.32 Å². The third-order valence-corrected chi connectivity index (χ3v) is 9.30. The van der Waals surface area contributed by atoms with Crippen molar-refractivity contribution in [3.05, 3.63) is 45.8 Å².